The van der Waals surface area contributed by atoms with E-state index in [0.717, 1.165) is 22.2 Å². The molecule has 1 unspecified atom stereocenters. The number of sulfone groups is 1. The molecule has 0 saturated carbocycles. The summed E-state index contributed by atoms with van der Waals surface area (Å²) in [7, 11) is -0.628. The van der Waals surface area contributed by atoms with Crippen molar-refractivity contribution in [2.75, 3.05) is 12.4 Å². The molecule has 0 fully saturated rings. The molecule has 33 heavy (non-hydrogen) atoms. The molecule has 2 aromatic heterocycles. The summed E-state index contributed by atoms with van der Waals surface area (Å²) in [5.41, 5.74) is 1.11. The van der Waals surface area contributed by atoms with Gasteiger partial charge in [0, 0.05) is 11.9 Å². The van der Waals surface area contributed by atoms with Gasteiger partial charge in [-0.25, -0.2) is 13.2 Å². The van der Waals surface area contributed by atoms with E-state index in [1.165, 1.54) is 30.6 Å². The van der Waals surface area contributed by atoms with E-state index in [-0.39, 0.29) is 22.4 Å². The Hall–Kier alpha value is -2.70. The van der Waals surface area contributed by atoms with E-state index in [4.69, 9.17) is 4.74 Å². The summed E-state index contributed by atoms with van der Waals surface area (Å²) in [6.07, 6.45) is 0. The van der Waals surface area contributed by atoms with Gasteiger partial charge in [0.1, 0.15) is 16.6 Å². The van der Waals surface area contributed by atoms with Crippen LogP contribution < -0.4 is 5.32 Å². The normalized spacial score (nSPS) is 12.4. The monoisotopic (exact) mass is 508 g/mol. The number of carbonyl (C=O) groups is 2. The molecular weight excluding hydrogens is 484 g/mol. The molecule has 0 spiro atoms. The molecule has 176 valence electrons. The Morgan fingerprint density at radius 1 is 1.21 bits per heavy atom. The molecule has 9 nitrogen and oxygen atoms in total. The van der Waals surface area contributed by atoms with Crippen LogP contribution in [0.1, 0.15) is 33.5 Å². The average Bonchev–Trinajstić information content (AvgIpc) is 3.26. The number of carbonyl (C=O) groups excluding carboxylic acids is 2. The number of rotatable bonds is 8. The van der Waals surface area contributed by atoms with Gasteiger partial charge in [-0.15, -0.1) is 21.5 Å². The zero-order valence-corrected chi connectivity index (χ0v) is 21.2. The van der Waals surface area contributed by atoms with E-state index in [0.29, 0.717) is 15.7 Å². The zero-order valence-electron chi connectivity index (χ0n) is 18.8. The standard InChI is InChI=1S/C21H24N4O5S3/c1-12-13(2)31-19(17(12)20(27)30-5)22-18(26)14(3)32-21-24-23-16(25(21)4)11-33(28,29)15-9-7-6-8-10-15/h6-10,14H,11H2,1-5H3,(H,22,26). The fourth-order valence-electron chi connectivity index (χ4n) is 2.94. The lowest BCUT2D eigenvalue weighted by molar-refractivity contribution is -0.115. The smallest absolute Gasteiger partial charge is 0.341 e. The summed E-state index contributed by atoms with van der Waals surface area (Å²) in [6.45, 7) is 5.36. The third kappa shape index (κ3) is 5.45. The Labute approximate surface area is 200 Å². The van der Waals surface area contributed by atoms with Crippen LogP contribution in [0.15, 0.2) is 40.4 Å². The lowest BCUT2D eigenvalue weighted by atomic mass is 10.1. The Balaban J connectivity index is 1.72. The minimum Gasteiger partial charge on any atom is -0.465 e. The van der Waals surface area contributed by atoms with Gasteiger partial charge in [0.05, 0.1) is 22.8 Å². The van der Waals surface area contributed by atoms with Crippen molar-refractivity contribution in [3.05, 3.63) is 52.2 Å². The number of amides is 1. The van der Waals surface area contributed by atoms with Crippen molar-refractivity contribution in [2.24, 2.45) is 7.05 Å². The van der Waals surface area contributed by atoms with Gasteiger partial charge in [-0.3, -0.25) is 4.79 Å². The number of methoxy groups -OCH3 is 1. The lowest BCUT2D eigenvalue weighted by Gasteiger charge is -2.12. The van der Waals surface area contributed by atoms with Gasteiger partial charge >= 0.3 is 5.97 Å². The summed E-state index contributed by atoms with van der Waals surface area (Å²) in [5.74, 6) is -0.873. The van der Waals surface area contributed by atoms with E-state index in [1.807, 2.05) is 6.92 Å². The first-order valence-corrected chi connectivity index (χ1v) is 13.2. The first-order chi connectivity index (χ1) is 15.5. The van der Waals surface area contributed by atoms with Crippen molar-refractivity contribution in [3.8, 4) is 0 Å². The van der Waals surface area contributed by atoms with Crippen LogP contribution in [0.25, 0.3) is 0 Å². The van der Waals surface area contributed by atoms with Gasteiger partial charge in [0.15, 0.2) is 15.0 Å². The number of nitrogens with zero attached hydrogens (tertiary/aromatic N) is 3. The van der Waals surface area contributed by atoms with Gasteiger partial charge in [-0.1, -0.05) is 30.0 Å². The number of esters is 1. The fraction of sp³-hybridized carbons (Fsp3) is 0.333. The van der Waals surface area contributed by atoms with E-state index in [1.54, 1.807) is 43.7 Å². The van der Waals surface area contributed by atoms with Crippen molar-refractivity contribution in [1.29, 1.82) is 0 Å². The quantitative estimate of drug-likeness (QED) is 0.363. The number of benzene rings is 1. The molecule has 1 aromatic carbocycles. The molecule has 2 heterocycles. The van der Waals surface area contributed by atoms with Gasteiger partial charge in [0.2, 0.25) is 5.91 Å². The van der Waals surface area contributed by atoms with Crippen molar-refractivity contribution in [3.63, 3.8) is 0 Å². The maximum absolute atomic E-state index is 12.8. The Morgan fingerprint density at radius 3 is 2.52 bits per heavy atom. The number of thiophene rings is 1. The highest BCUT2D eigenvalue weighted by atomic mass is 32.2. The number of aryl methyl sites for hydroxylation is 1. The third-order valence-corrected chi connectivity index (χ3v) is 8.89. The largest absolute Gasteiger partial charge is 0.465 e. The molecule has 3 aromatic rings. The van der Waals surface area contributed by atoms with Crippen molar-refractivity contribution < 1.29 is 22.7 Å². The van der Waals surface area contributed by atoms with Gasteiger partial charge in [0.25, 0.3) is 0 Å². The molecule has 1 N–H and O–H groups in total. The van der Waals surface area contributed by atoms with Crippen molar-refractivity contribution in [1.82, 2.24) is 14.8 Å². The minimum absolute atomic E-state index is 0.206. The number of hydrogen-bond acceptors (Lipinski definition) is 9. The van der Waals surface area contributed by atoms with Gasteiger partial charge in [-0.05, 0) is 38.5 Å². The predicted octanol–water partition coefficient (Wildman–Crippen LogP) is 3.37. The number of thioether (sulfide) groups is 1. The van der Waals surface area contributed by atoms with Crippen LogP contribution in [-0.2, 0) is 32.2 Å². The Kier molecular flexibility index (Phi) is 7.60. The topological polar surface area (TPSA) is 120 Å². The number of hydrogen-bond donors (Lipinski definition) is 1. The highest BCUT2D eigenvalue weighted by Gasteiger charge is 2.26. The fourth-order valence-corrected chi connectivity index (χ4v) is 6.16. The molecule has 0 bridgehead atoms. The van der Waals surface area contributed by atoms with E-state index >= 15 is 0 Å². The zero-order chi connectivity index (χ0) is 24.3. The van der Waals surface area contributed by atoms with Crippen molar-refractivity contribution in [2.45, 2.75) is 41.8 Å². The highest BCUT2D eigenvalue weighted by molar-refractivity contribution is 8.00. The predicted molar refractivity (Wildman–Crippen MR) is 127 cm³/mol. The average molecular weight is 509 g/mol. The first kappa shape index (κ1) is 24.9. The third-order valence-electron chi connectivity index (χ3n) is 5.01. The van der Waals surface area contributed by atoms with E-state index in [9.17, 15) is 18.0 Å². The highest BCUT2D eigenvalue weighted by Crippen LogP contribution is 2.34. The first-order valence-electron chi connectivity index (χ1n) is 9.87. The van der Waals surface area contributed by atoms with E-state index in [2.05, 4.69) is 15.5 Å². The summed E-state index contributed by atoms with van der Waals surface area (Å²) in [5, 5.41) is 11.1. The second kappa shape index (κ2) is 10.1. The second-order valence-corrected chi connectivity index (χ2v) is 11.8. The molecular formula is C21H24N4O5S3. The molecule has 0 saturated heterocycles. The van der Waals surface area contributed by atoms with Gasteiger partial charge < -0.3 is 14.6 Å². The van der Waals surface area contributed by atoms with Crippen LogP contribution in [-0.4, -0.2) is 47.4 Å². The summed E-state index contributed by atoms with van der Waals surface area (Å²) >= 11 is 2.45. The van der Waals surface area contributed by atoms with Gasteiger partial charge in [-0.2, -0.15) is 0 Å². The van der Waals surface area contributed by atoms with Crippen LogP contribution in [0.5, 0.6) is 0 Å². The molecule has 1 amide bonds. The number of aromatic nitrogens is 3. The SMILES string of the molecule is COC(=O)c1c(NC(=O)C(C)Sc2nnc(CS(=O)(=O)c3ccccc3)n2C)sc(C)c1C. The van der Waals surface area contributed by atoms with Crippen molar-refractivity contribution >= 4 is 49.8 Å². The Bertz CT molecular complexity index is 1280. The summed E-state index contributed by atoms with van der Waals surface area (Å²) in [6, 6.07) is 8.13. The van der Waals surface area contributed by atoms with Crippen LogP contribution in [0.3, 0.4) is 0 Å². The maximum Gasteiger partial charge on any atom is 0.341 e. The summed E-state index contributed by atoms with van der Waals surface area (Å²) < 4.78 is 31.7. The second-order valence-electron chi connectivity index (χ2n) is 7.26. The molecule has 0 radical (unpaired) electrons. The van der Waals surface area contributed by atoms with Crippen LogP contribution in [0.4, 0.5) is 5.00 Å². The molecule has 0 aliphatic rings. The molecule has 12 heteroatoms. The summed E-state index contributed by atoms with van der Waals surface area (Å²) in [4.78, 5) is 26.0. The Morgan fingerprint density at radius 2 is 1.88 bits per heavy atom. The molecule has 1 atom stereocenters. The lowest BCUT2D eigenvalue weighted by Crippen LogP contribution is -2.23. The molecule has 3 rings (SSSR count). The van der Waals surface area contributed by atoms with Crippen LogP contribution >= 0.6 is 23.1 Å². The number of nitrogens with one attached hydrogen (secondary N) is 1. The number of anilines is 1. The van der Waals surface area contributed by atoms with E-state index < -0.39 is 21.1 Å². The van der Waals surface area contributed by atoms with Crippen LogP contribution in [0.2, 0.25) is 0 Å². The number of ether oxygens (including phenoxy) is 1. The molecule has 0 aliphatic carbocycles. The maximum atomic E-state index is 12.8. The van der Waals surface area contributed by atoms with Crippen LogP contribution in [0, 0.1) is 13.8 Å². The molecule has 0 aliphatic heterocycles. The minimum atomic E-state index is -3.58.